The van der Waals surface area contributed by atoms with E-state index in [0.29, 0.717) is 6.04 Å². The maximum atomic E-state index is 4.80. The number of aromatic nitrogens is 1. The van der Waals surface area contributed by atoms with Crippen molar-refractivity contribution < 1.29 is 0 Å². The van der Waals surface area contributed by atoms with Crippen molar-refractivity contribution in [3.8, 4) is 10.6 Å². The molecule has 0 amide bonds. The minimum absolute atomic E-state index is 0.667. The molecule has 1 unspecified atom stereocenters. The third-order valence-corrected chi connectivity index (χ3v) is 5.50. The molecule has 20 heavy (non-hydrogen) atoms. The Hall–Kier alpha value is -0.750. The van der Waals surface area contributed by atoms with Gasteiger partial charge in [-0.1, -0.05) is 6.42 Å². The molecular formula is C15H21N3S2. The van der Waals surface area contributed by atoms with Crippen molar-refractivity contribution in [3.63, 3.8) is 0 Å². The molecule has 1 aliphatic heterocycles. The van der Waals surface area contributed by atoms with Crippen molar-refractivity contribution in [1.82, 2.24) is 15.2 Å². The van der Waals surface area contributed by atoms with Gasteiger partial charge < -0.3 is 5.32 Å². The number of likely N-dealkylation sites (tertiary alicyclic amines) is 1. The van der Waals surface area contributed by atoms with Crippen LogP contribution in [0, 0.1) is 0 Å². The first-order valence-corrected chi connectivity index (χ1v) is 9.04. The van der Waals surface area contributed by atoms with Crippen LogP contribution in [0.15, 0.2) is 22.2 Å². The van der Waals surface area contributed by atoms with Crippen molar-refractivity contribution in [3.05, 3.63) is 27.9 Å². The lowest BCUT2D eigenvalue weighted by molar-refractivity contribution is 0.138. The number of thiophene rings is 1. The lowest BCUT2D eigenvalue weighted by atomic mass is 10.0. The zero-order valence-electron chi connectivity index (χ0n) is 11.8. The van der Waals surface area contributed by atoms with Gasteiger partial charge in [-0.3, -0.25) is 4.90 Å². The van der Waals surface area contributed by atoms with Crippen LogP contribution in [-0.2, 0) is 6.54 Å². The van der Waals surface area contributed by atoms with E-state index in [9.17, 15) is 0 Å². The summed E-state index contributed by atoms with van der Waals surface area (Å²) in [6, 6.07) is 2.82. The summed E-state index contributed by atoms with van der Waals surface area (Å²) < 4.78 is 0. The minimum atomic E-state index is 0.667. The summed E-state index contributed by atoms with van der Waals surface area (Å²) in [6.07, 6.45) is 3.99. The van der Waals surface area contributed by atoms with E-state index in [2.05, 4.69) is 32.4 Å². The van der Waals surface area contributed by atoms with E-state index >= 15 is 0 Å². The lowest BCUT2D eigenvalue weighted by Crippen LogP contribution is -2.44. The lowest BCUT2D eigenvalue weighted by Gasteiger charge is -2.35. The molecule has 0 bridgehead atoms. The van der Waals surface area contributed by atoms with Crippen molar-refractivity contribution in [1.29, 1.82) is 0 Å². The monoisotopic (exact) mass is 307 g/mol. The molecule has 1 N–H and O–H groups in total. The van der Waals surface area contributed by atoms with Crippen LogP contribution >= 0.6 is 22.7 Å². The summed E-state index contributed by atoms with van der Waals surface area (Å²) in [5, 5.41) is 11.0. The summed E-state index contributed by atoms with van der Waals surface area (Å²) in [5.41, 5.74) is 2.48. The van der Waals surface area contributed by atoms with E-state index in [1.54, 1.807) is 22.7 Å². The molecule has 0 saturated carbocycles. The molecule has 3 nitrogen and oxygen atoms in total. The molecule has 108 valence electrons. The van der Waals surface area contributed by atoms with Crippen molar-refractivity contribution in [2.75, 3.05) is 20.1 Å². The number of rotatable bonds is 5. The van der Waals surface area contributed by atoms with Gasteiger partial charge in [0.1, 0.15) is 5.01 Å². The van der Waals surface area contributed by atoms with Crippen LogP contribution in [0.25, 0.3) is 10.6 Å². The molecule has 3 heterocycles. The third kappa shape index (κ3) is 3.28. The fourth-order valence-electron chi connectivity index (χ4n) is 2.84. The molecule has 1 aliphatic rings. The first kappa shape index (κ1) is 14.2. The first-order chi connectivity index (χ1) is 9.86. The summed E-state index contributed by atoms with van der Waals surface area (Å²) in [5.74, 6) is 0. The zero-order valence-corrected chi connectivity index (χ0v) is 13.5. The quantitative estimate of drug-likeness (QED) is 0.917. The average molecular weight is 307 g/mol. The molecule has 1 fully saturated rings. The molecular weight excluding hydrogens is 286 g/mol. The SMILES string of the molecule is CNCC1CCCCN1Cc1csc(-c2ccsc2)n1. The van der Waals surface area contributed by atoms with E-state index in [-0.39, 0.29) is 0 Å². The number of nitrogens with zero attached hydrogens (tertiary/aromatic N) is 2. The zero-order chi connectivity index (χ0) is 13.8. The highest BCUT2D eigenvalue weighted by molar-refractivity contribution is 7.14. The van der Waals surface area contributed by atoms with Gasteiger partial charge in [-0.2, -0.15) is 11.3 Å². The van der Waals surface area contributed by atoms with Crippen molar-refractivity contribution in [2.24, 2.45) is 0 Å². The topological polar surface area (TPSA) is 28.2 Å². The van der Waals surface area contributed by atoms with Gasteiger partial charge in [0.05, 0.1) is 5.69 Å². The smallest absolute Gasteiger partial charge is 0.124 e. The van der Waals surface area contributed by atoms with Crippen LogP contribution in [0.5, 0.6) is 0 Å². The molecule has 0 radical (unpaired) electrons. The number of nitrogens with one attached hydrogen (secondary N) is 1. The second kappa shape index (κ2) is 6.80. The van der Waals surface area contributed by atoms with Gasteiger partial charge in [0.15, 0.2) is 0 Å². The van der Waals surface area contributed by atoms with Crippen molar-refractivity contribution in [2.45, 2.75) is 31.8 Å². The normalized spacial score (nSPS) is 20.4. The summed E-state index contributed by atoms with van der Waals surface area (Å²) in [6.45, 7) is 3.28. The van der Waals surface area contributed by atoms with Gasteiger partial charge in [-0.15, -0.1) is 11.3 Å². The first-order valence-electron chi connectivity index (χ1n) is 7.22. The number of likely N-dealkylation sites (N-methyl/N-ethyl adjacent to an activating group) is 1. The van der Waals surface area contributed by atoms with E-state index in [1.807, 2.05) is 7.05 Å². The van der Waals surface area contributed by atoms with Gasteiger partial charge in [0.2, 0.25) is 0 Å². The Balaban J connectivity index is 1.67. The highest BCUT2D eigenvalue weighted by atomic mass is 32.1. The number of hydrogen-bond donors (Lipinski definition) is 1. The Morgan fingerprint density at radius 2 is 2.35 bits per heavy atom. The Morgan fingerprint density at radius 3 is 3.15 bits per heavy atom. The molecule has 2 aromatic heterocycles. The predicted octanol–water partition coefficient (Wildman–Crippen LogP) is 3.45. The third-order valence-electron chi connectivity index (χ3n) is 3.87. The Labute approximate surface area is 128 Å². The second-order valence-corrected chi connectivity index (χ2v) is 6.97. The maximum absolute atomic E-state index is 4.80. The summed E-state index contributed by atoms with van der Waals surface area (Å²) in [4.78, 5) is 7.39. The largest absolute Gasteiger partial charge is 0.318 e. The van der Waals surface area contributed by atoms with E-state index in [1.165, 1.54) is 37.1 Å². The molecule has 0 spiro atoms. The minimum Gasteiger partial charge on any atom is -0.318 e. The maximum Gasteiger partial charge on any atom is 0.124 e. The number of hydrogen-bond acceptors (Lipinski definition) is 5. The molecule has 3 rings (SSSR count). The molecule has 1 saturated heterocycles. The van der Waals surface area contributed by atoms with E-state index in [0.717, 1.165) is 18.1 Å². The molecule has 2 aromatic rings. The fourth-order valence-corrected chi connectivity index (χ4v) is 4.36. The van der Waals surface area contributed by atoms with Crippen LogP contribution < -0.4 is 5.32 Å². The van der Waals surface area contributed by atoms with Crippen LogP contribution in [0.4, 0.5) is 0 Å². The van der Waals surface area contributed by atoms with Gasteiger partial charge >= 0.3 is 0 Å². The molecule has 0 aromatic carbocycles. The predicted molar refractivity (Wildman–Crippen MR) is 87.4 cm³/mol. The van der Waals surface area contributed by atoms with Gasteiger partial charge in [0, 0.05) is 35.5 Å². The average Bonchev–Trinajstić information content (AvgIpc) is 3.12. The van der Waals surface area contributed by atoms with E-state index in [4.69, 9.17) is 4.98 Å². The van der Waals surface area contributed by atoms with E-state index < -0.39 is 0 Å². The fraction of sp³-hybridized carbons (Fsp3) is 0.533. The van der Waals surface area contributed by atoms with Gasteiger partial charge in [-0.05, 0) is 37.9 Å². The number of piperidine rings is 1. The standard InChI is InChI=1S/C15H21N3S2/c1-16-8-14-4-2-3-6-18(14)9-13-11-20-15(17-13)12-5-7-19-10-12/h5,7,10-11,14,16H,2-4,6,8-9H2,1H3. The van der Waals surface area contributed by atoms with Gasteiger partial charge in [0.25, 0.3) is 0 Å². The number of thiazole rings is 1. The Bertz CT molecular complexity index is 519. The highest BCUT2D eigenvalue weighted by Gasteiger charge is 2.22. The Kier molecular flexibility index (Phi) is 4.83. The van der Waals surface area contributed by atoms with Gasteiger partial charge in [-0.25, -0.2) is 4.98 Å². The van der Waals surface area contributed by atoms with Crippen LogP contribution in [-0.4, -0.2) is 36.1 Å². The summed E-state index contributed by atoms with van der Waals surface area (Å²) in [7, 11) is 2.05. The second-order valence-electron chi connectivity index (χ2n) is 5.33. The Morgan fingerprint density at radius 1 is 1.40 bits per heavy atom. The van der Waals surface area contributed by atoms with Crippen LogP contribution in [0.1, 0.15) is 25.0 Å². The molecule has 5 heteroatoms. The molecule has 0 aliphatic carbocycles. The van der Waals surface area contributed by atoms with Crippen LogP contribution in [0.2, 0.25) is 0 Å². The summed E-state index contributed by atoms with van der Waals surface area (Å²) >= 11 is 3.50. The highest BCUT2D eigenvalue weighted by Crippen LogP contribution is 2.27. The van der Waals surface area contributed by atoms with Crippen molar-refractivity contribution >= 4 is 22.7 Å². The van der Waals surface area contributed by atoms with Crippen LogP contribution in [0.3, 0.4) is 0 Å². The molecule has 1 atom stereocenters.